The highest BCUT2D eigenvalue weighted by Gasteiger charge is 2.26. The Kier molecular flexibility index (Phi) is 4.73. The molecule has 0 N–H and O–H groups in total. The molecule has 0 fully saturated rings. The summed E-state index contributed by atoms with van der Waals surface area (Å²) >= 11 is 0. The zero-order valence-electron chi connectivity index (χ0n) is 13.3. The summed E-state index contributed by atoms with van der Waals surface area (Å²) in [4.78, 5) is 6.84. The number of ether oxygens (including phenoxy) is 1. The molecular formula is C17H23N3O2. The van der Waals surface area contributed by atoms with Gasteiger partial charge < -0.3 is 14.2 Å². The average Bonchev–Trinajstić information content (AvgIpc) is 2.97. The van der Waals surface area contributed by atoms with Crippen LogP contribution in [0.5, 0.6) is 0 Å². The minimum atomic E-state index is 0.387. The van der Waals surface area contributed by atoms with E-state index in [-0.39, 0.29) is 0 Å². The topological polar surface area (TPSA) is 51.4 Å². The SMILES string of the molecule is CCCC1CCc2ccccc2N1Cc1nc(COC)no1. The van der Waals surface area contributed by atoms with Crippen molar-refractivity contribution in [2.75, 3.05) is 12.0 Å². The lowest BCUT2D eigenvalue weighted by atomic mass is 9.93. The highest BCUT2D eigenvalue weighted by atomic mass is 16.5. The zero-order chi connectivity index (χ0) is 15.4. The Morgan fingerprint density at radius 3 is 3.05 bits per heavy atom. The second kappa shape index (κ2) is 6.92. The van der Waals surface area contributed by atoms with Crippen molar-refractivity contribution in [3.8, 4) is 0 Å². The quantitative estimate of drug-likeness (QED) is 0.819. The van der Waals surface area contributed by atoms with E-state index in [2.05, 4.69) is 46.2 Å². The fourth-order valence-corrected chi connectivity index (χ4v) is 3.21. The van der Waals surface area contributed by atoms with Gasteiger partial charge in [0.25, 0.3) is 0 Å². The third kappa shape index (κ3) is 3.14. The number of methoxy groups -OCH3 is 1. The van der Waals surface area contributed by atoms with Crippen molar-refractivity contribution in [2.24, 2.45) is 0 Å². The van der Waals surface area contributed by atoms with Crippen molar-refractivity contribution in [3.63, 3.8) is 0 Å². The number of anilines is 1. The minimum absolute atomic E-state index is 0.387. The van der Waals surface area contributed by atoms with Gasteiger partial charge in [0.05, 0.1) is 6.54 Å². The molecule has 1 aromatic carbocycles. The van der Waals surface area contributed by atoms with E-state index < -0.39 is 0 Å². The molecule has 118 valence electrons. The molecule has 0 spiro atoms. The maximum absolute atomic E-state index is 5.38. The first kappa shape index (κ1) is 15.0. The van der Waals surface area contributed by atoms with Gasteiger partial charge in [-0.15, -0.1) is 0 Å². The van der Waals surface area contributed by atoms with Crippen molar-refractivity contribution in [1.82, 2.24) is 10.1 Å². The second-order valence-corrected chi connectivity index (χ2v) is 5.78. The standard InChI is InChI=1S/C17H23N3O2/c1-3-6-14-10-9-13-7-4-5-8-15(13)20(14)11-17-18-16(12-21-2)19-22-17/h4-5,7-8,14H,3,6,9-12H2,1-2H3. The van der Waals surface area contributed by atoms with E-state index in [1.807, 2.05) is 0 Å². The molecule has 2 aromatic rings. The van der Waals surface area contributed by atoms with Gasteiger partial charge in [-0.1, -0.05) is 36.7 Å². The molecule has 1 unspecified atom stereocenters. The molecular weight excluding hydrogens is 278 g/mol. The number of benzene rings is 1. The molecule has 0 amide bonds. The number of hydrogen-bond donors (Lipinski definition) is 0. The molecule has 1 aliphatic heterocycles. The van der Waals surface area contributed by atoms with Gasteiger partial charge in [-0.25, -0.2) is 0 Å². The number of aryl methyl sites for hydroxylation is 1. The van der Waals surface area contributed by atoms with Gasteiger partial charge >= 0.3 is 0 Å². The molecule has 2 heterocycles. The van der Waals surface area contributed by atoms with E-state index in [1.54, 1.807) is 7.11 Å². The Balaban J connectivity index is 1.83. The van der Waals surface area contributed by atoms with Crippen LogP contribution >= 0.6 is 0 Å². The predicted octanol–water partition coefficient (Wildman–Crippen LogP) is 3.34. The van der Waals surface area contributed by atoms with Crippen LogP contribution in [-0.2, 0) is 24.3 Å². The van der Waals surface area contributed by atoms with Crippen molar-refractivity contribution in [1.29, 1.82) is 0 Å². The molecule has 22 heavy (non-hydrogen) atoms. The van der Waals surface area contributed by atoms with E-state index in [0.717, 1.165) is 6.42 Å². The maximum atomic E-state index is 5.38. The van der Waals surface area contributed by atoms with E-state index in [1.165, 1.54) is 30.5 Å². The lowest BCUT2D eigenvalue weighted by Crippen LogP contribution is -2.38. The van der Waals surface area contributed by atoms with Crippen LogP contribution in [0.1, 0.15) is 43.5 Å². The number of rotatable bonds is 6. The van der Waals surface area contributed by atoms with E-state index in [0.29, 0.717) is 30.9 Å². The fourth-order valence-electron chi connectivity index (χ4n) is 3.21. The summed E-state index contributed by atoms with van der Waals surface area (Å²) in [5.74, 6) is 1.26. The van der Waals surface area contributed by atoms with Gasteiger partial charge in [0.2, 0.25) is 5.89 Å². The Hall–Kier alpha value is -1.88. The van der Waals surface area contributed by atoms with E-state index in [4.69, 9.17) is 9.26 Å². The lowest BCUT2D eigenvalue weighted by Gasteiger charge is -2.38. The van der Waals surface area contributed by atoms with E-state index >= 15 is 0 Å². The first-order valence-corrected chi connectivity index (χ1v) is 7.96. The highest BCUT2D eigenvalue weighted by molar-refractivity contribution is 5.56. The van der Waals surface area contributed by atoms with Crippen LogP contribution in [0.15, 0.2) is 28.8 Å². The van der Waals surface area contributed by atoms with Gasteiger partial charge in [-0.2, -0.15) is 4.98 Å². The normalized spacial score (nSPS) is 17.5. The van der Waals surface area contributed by atoms with Crippen molar-refractivity contribution >= 4 is 5.69 Å². The average molecular weight is 301 g/mol. The summed E-state index contributed by atoms with van der Waals surface area (Å²) in [6.45, 7) is 3.29. The Bertz CT molecular complexity index is 611. The number of aromatic nitrogens is 2. The monoisotopic (exact) mass is 301 g/mol. The third-order valence-electron chi connectivity index (χ3n) is 4.20. The lowest BCUT2D eigenvalue weighted by molar-refractivity contribution is 0.174. The largest absolute Gasteiger partial charge is 0.377 e. The van der Waals surface area contributed by atoms with Crippen LogP contribution in [0.3, 0.4) is 0 Å². The van der Waals surface area contributed by atoms with Gasteiger partial charge in [0, 0.05) is 18.8 Å². The van der Waals surface area contributed by atoms with Gasteiger partial charge in [0.1, 0.15) is 6.61 Å². The first-order chi connectivity index (χ1) is 10.8. The zero-order valence-corrected chi connectivity index (χ0v) is 13.3. The van der Waals surface area contributed by atoms with Crippen LogP contribution in [0, 0.1) is 0 Å². The molecule has 0 saturated heterocycles. The van der Waals surface area contributed by atoms with Gasteiger partial charge in [-0.3, -0.25) is 0 Å². The molecule has 0 aliphatic carbocycles. The maximum Gasteiger partial charge on any atom is 0.246 e. The summed E-state index contributed by atoms with van der Waals surface area (Å²) in [5.41, 5.74) is 2.71. The minimum Gasteiger partial charge on any atom is -0.377 e. The van der Waals surface area contributed by atoms with Crippen LogP contribution < -0.4 is 4.90 Å². The molecule has 1 aromatic heterocycles. The van der Waals surface area contributed by atoms with Crippen molar-refractivity contribution in [3.05, 3.63) is 41.5 Å². The molecule has 0 radical (unpaired) electrons. The molecule has 1 aliphatic rings. The number of fused-ring (bicyclic) bond motifs is 1. The third-order valence-corrected chi connectivity index (χ3v) is 4.20. The Morgan fingerprint density at radius 1 is 1.36 bits per heavy atom. The first-order valence-electron chi connectivity index (χ1n) is 7.96. The number of para-hydroxylation sites is 1. The molecule has 0 saturated carbocycles. The van der Waals surface area contributed by atoms with Crippen LogP contribution in [0.25, 0.3) is 0 Å². The van der Waals surface area contributed by atoms with Gasteiger partial charge in [0.15, 0.2) is 5.82 Å². The van der Waals surface area contributed by atoms with Crippen LogP contribution in [0.4, 0.5) is 5.69 Å². The van der Waals surface area contributed by atoms with Crippen LogP contribution in [-0.4, -0.2) is 23.3 Å². The fraction of sp³-hybridized carbons (Fsp3) is 0.529. The summed E-state index contributed by atoms with van der Waals surface area (Å²) in [6.07, 6.45) is 4.70. The number of hydrogen-bond acceptors (Lipinski definition) is 5. The predicted molar refractivity (Wildman–Crippen MR) is 84.7 cm³/mol. The molecule has 5 heteroatoms. The second-order valence-electron chi connectivity index (χ2n) is 5.78. The number of nitrogens with zero attached hydrogens (tertiary/aromatic N) is 3. The summed E-state index contributed by atoms with van der Waals surface area (Å²) in [5, 5.41) is 3.96. The van der Waals surface area contributed by atoms with Gasteiger partial charge in [-0.05, 0) is 30.9 Å². The summed E-state index contributed by atoms with van der Waals surface area (Å²) in [6, 6.07) is 9.17. The molecule has 1 atom stereocenters. The van der Waals surface area contributed by atoms with Crippen molar-refractivity contribution in [2.45, 2.75) is 51.8 Å². The summed E-state index contributed by atoms with van der Waals surface area (Å²) in [7, 11) is 1.63. The van der Waals surface area contributed by atoms with E-state index in [9.17, 15) is 0 Å². The molecule has 3 rings (SSSR count). The van der Waals surface area contributed by atoms with Crippen LogP contribution in [0.2, 0.25) is 0 Å². The summed E-state index contributed by atoms with van der Waals surface area (Å²) < 4.78 is 10.4. The molecule has 5 nitrogen and oxygen atoms in total. The molecule has 0 bridgehead atoms. The highest BCUT2D eigenvalue weighted by Crippen LogP contribution is 2.33. The Morgan fingerprint density at radius 2 is 2.23 bits per heavy atom. The smallest absolute Gasteiger partial charge is 0.246 e. The van der Waals surface area contributed by atoms with Crippen molar-refractivity contribution < 1.29 is 9.26 Å². The Labute approximate surface area is 131 Å².